The molecule has 1 fully saturated rings. The second-order valence-corrected chi connectivity index (χ2v) is 4.94. The summed E-state index contributed by atoms with van der Waals surface area (Å²) in [4.78, 5) is 13.7. The number of carbonyl (C=O) groups excluding carboxylic acids is 1. The third-order valence-electron chi connectivity index (χ3n) is 3.18. The summed E-state index contributed by atoms with van der Waals surface area (Å²) in [6.07, 6.45) is 1.37. The van der Waals surface area contributed by atoms with E-state index >= 15 is 0 Å². The summed E-state index contributed by atoms with van der Waals surface area (Å²) in [5.41, 5.74) is 6.04. The topological polar surface area (TPSA) is 55.6 Å². The molecule has 1 amide bonds. The highest BCUT2D eigenvalue weighted by Gasteiger charge is 2.34. The highest BCUT2D eigenvalue weighted by molar-refractivity contribution is 5.85. The van der Waals surface area contributed by atoms with Crippen molar-refractivity contribution in [3.63, 3.8) is 0 Å². The third-order valence-corrected chi connectivity index (χ3v) is 3.18. The Balaban J connectivity index is 0.00000225. The van der Waals surface area contributed by atoms with Crippen molar-refractivity contribution < 1.29 is 9.53 Å². The van der Waals surface area contributed by atoms with Crippen LogP contribution in [0.5, 0.6) is 0 Å². The number of rotatable bonds is 3. The lowest BCUT2D eigenvalue weighted by Gasteiger charge is -2.42. The van der Waals surface area contributed by atoms with Gasteiger partial charge in [0.15, 0.2) is 0 Å². The van der Waals surface area contributed by atoms with Crippen LogP contribution in [0.3, 0.4) is 0 Å². The molecule has 1 heterocycles. The fourth-order valence-electron chi connectivity index (χ4n) is 1.93. The predicted molar refractivity (Wildman–Crippen MR) is 66.7 cm³/mol. The van der Waals surface area contributed by atoms with Crippen LogP contribution in [0.1, 0.15) is 26.7 Å². The lowest BCUT2D eigenvalue weighted by Crippen LogP contribution is -2.54. The van der Waals surface area contributed by atoms with Gasteiger partial charge in [0.05, 0.1) is 13.0 Å². The standard InChI is InChI=1S/C11H22N2O2.ClH/c1-11(2)8-13(6-4-9(11)12)10(14)5-7-15-3;/h9H,4-8,12H2,1-3H3;1H. The van der Waals surface area contributed by atoms with Gasteiger partial charge in [-0.15, -0.1) is 12.4 Å². The van der Waals surface area contributed by atoms with Crippen LogP contribution in [0.15, 0.2) is 0 Å². The van der Waals surface area contributed by atoms with E-state index in [9.17, 15) is 4.79 Å². The Morgan fingerprint density at radius 2 is 2.19 bits per heavy atom. The Morgan fingerprint density at radius 3 is 2.69 bits per heavy atom. The summed E-state index contributed by atoms with van der Waals surface area (Å²) in [6.45, 7) is 6.28. The average Bonchev–Trinajstić information content (AvgIpc) is 2.18. The molecule has 2 N–H and O–H groups in total. The van der Waals surface area contributed by atoms with E-state index in [-0.39, 0.29) is 29.8 Å². The van der Waals surface area contributed by atoms with E-state index in [2.05, 4.69) is 13.8 Å². The second kappa shape index (κ2) is 6.42. The van der Waals surface area contributed by atoms with Crippen molar-refractivity contribution in [2.45, 2.75) is 32.7 Å². The fraction of sp³-hybridized carbons (Fsp3) is 0.909. The molecule has 0 spiro atoms. The molecule has 0 bridgehead atoms. The van der Waals surface area contributed by atoms with Gasteiger partial charge in [0, 0.05) is 26.2 Å². The Bertz CT molecular complexity index is 234. The molecule has 0 aromatic carbocycles. The molecular weight excluding hydrogens is 228 g/mol. The first-order valence-electron chi connectivity index (χ1n) is 5.49. The summed E-state index contributed by atoms with van der Waals surface area (Å²) in [7, 11) is 1.61. The van der Waals surface area contributed by atoms with Crippen LogP contribution < -0.4 is 5.73 Å². The number of hydrogen-bond donors (Lipinski definition) is 1. The summed E-state index contributed by atoms with van der Waals surface area (Å²) >= 11 is 0. The van der Waals surface area contributed by atoms with Crippen molar-refractivity contribution in [1.29, 1.82) is 0 Å². The molecule has 1 rings (SSSR count). The minimum Gasteiger partial charge on any atom is -0.384 e. The molecule has 1 aliphatic heterocycles. The predicted octanol–water partition coefficient (Wildman–Crippen LogP) is 1.03. The zero-order valence-electron chi connectivity index (χ0n) is 10.4. The number of ether oxygens (including phenoxy) is 1. The van der Waals surface area contributed by atoms with E-state index in [0.29, 0.717) is 13.0 Å². The number of likely N-dealkylation sites (tertiary alicyclic amines) is 1. The maximum absolute atomic E-state index is 11.8. The molecule has 0 saturated carbocycles. The molecule has 1 unspecified atom stereocenters. The zero-order chi connectivity index (χ0) is 11.5. The van der Waals surface area contributed by atoms with Gasteiger partial charge in [-0.05, 0) is 11.8 Å². The minimum atomic E-state index is 0. The van der Waals surface area contributed by atoms with E-state index in [1.807, 2.05) is 4.90 Å². The highest BCUT2D eigenvalue weighted by Crippen LogP contribution is 2.27. The Labute approximate surface area is 104 Å². The zero-order valence-corrected chi connectivity index (χ0v) is 11.2. The van der Waals surface area contributed by atoms with Crippen molar-refractivity contribution >= 4 is 18.3 Å². The third kappa shape index (κ3) is 3.92. The average molecular weight is 251 g/mol. The van der Waals surface area contributed by atoms with Gasteiger partial charge in [0.1, 0.15) is 0 Å². The number of nitrogens with two attached hydrogens (primary N) is 1. The van der Waals surface area contributed by atoms with Gasteiger partial charge in [-0.25, -0.2) is 0 Å². The maximum Gasteiger partial charge on any atom is 0.224 e. The Morgan fingerprint density at radius 1 is 1.56 bits per heavy atom. The Kier molecular flexibility index (Phi) is 6.30. The van der Waals surface area contributed by atoms with Crippen molar-refractivity contribution in [2.75, 3.05) is 26.8 Å². The highest BCUT2D eigenvalue weighted by atomic mass is 35.5. The molecule has 16 heavy (non-hydrogen) atoms. The van der Waals surface area contributed by atoms with Crippen LogP contribution in [-0.2, 0) is 9.53 Å². The maximum atomic E-state index is 11.8. The van der Waals surface area contributed by atoms with Crippen LogP contribution >= 0.6 is 12.4 Å². The van der Waals surface area contributed by atoms with Gasteiger partial charge < -0.3 is 15.4 Å². The van der Waals surface area contributed by atoms with Crippen molar-refractivity contribution in [2.24, 2.45) is 11.1 Å². The van der Waals surface area contributed by atoms with E-state index < -0.39 is 0 Å². The molecule has 5 heteroatoms. The van der Waals surface area contributed by atoms with Crippen LogP contribution in [0.4, 0.5) is 0 Å². The summed E-state index contributed by atoms with van der Waals surface area (Å²) < 4.78 is 4.90. The van der Waals surface area contributed by atoms with Gasteiger partial charge in [0.2, 0.25) is 5.91 Å². The fourth-order valence-corrected chi connectivity index (χ4v) is 1.93. The first kappa shape index (κ1) is 15.7. The molecule has 1 aliphatic rings. The van der Waals surface area contributed by atoms with Crippen molar-refractivity contribution in [3.8, 4) is 0 Å². The monoisotopic (exact) mass is 250 g/mol. The van der Waals surface area contributed by atoms with Crippen molar-refractivity contribution in [1.82, 2.24) is 4.90 Å². The number of halogens is 1. The largest absolute Gasteiger partial charge is 0.384 e. The molecule has 96 valence electrons. The number of amides is 1. The number of piperidine rings is 1. The lowest BCUT2D eigenvalue weighted by atomic mass is 9.79. The molecule has 4 nitrogen and oxygen atoms in total. The smallest absolute Gasteiger partial charge is 0.224 e. The molecule has 1 saturated heterocycles. The van der Waals surface area contributed by atoms with Crippen LogP contribution in [0.25, 0.3) is 0 Å². The molecule has 0 aromatic heterocycles. The number of carbonyl (C=O) groups is 1. The quantitative estimate of drug-likeness (QED) is 0.814. The normalized spacial score (nSPS) is 23.8. The van der Waals surface area contributed by atoms with Crippen LogP contribution in [0.2, 0.25) is 0 Å². The van der Waals surface area contributed by atoms with Gasteiger partial charge >= 0.3 is 0 Å². The van der Waals surface area contributed by atoms with Crippen molar-refractivity contribution in [3.05, 3.63) is 0 Å². The first-order chi connectivity index (χ1) is 6.97. The minimum absolute atomic E-state index is 0. The van der Waals surface area contributed by atoms with E-state index in [1.54, 1.807) is 7.11 Å². The lowest BCUT2D eigenvalue weighted by molar-refractivity contribution is -0.135. The number of methoxy groups -OCH3 is 1. The SMILES string of the molecule is COCCC(=O)N1CCC(N)C(C)(C)C1.Cl. The second-order valence-electron chi connectivity index (χ2n) is 4.94. The summed E-state index contributed by atoms with van der Waals surface area (Å²) in [5, 5.41) is 0. The molecule has 0 radical (unpaired) electrons. The van der Waals surface area contributed by atoms with E-state index in [0.717, 1.165) is 19.5 Å². The Hall–Kier alpha value is -0.320. The van der Waals surface area contributed by atoms with Gasteiger partial charge in [-0.3, -0.25) is 4.79 Å². The van der Waals surface area contributed by atoms with Crippen LogP contribution in [-0.4, -0.2) is 43.7 Å². The summed E-state index contributed by atoms with van der Waals surface area (Å²) in [6, 6.07) is 0.198. The van der Waals surface area contributed by atoms with E-state index in [1.165, 1.54) is 0 Å². The van der Waals surface area contributed by atoms with Gasteiger partial charge in [-0.1, -0.05) is 13.8 Å². The number of hydrogen-bond acceptors (Lipinski definition) is 3. The summed E-state index contributed by atoms with van der Waals surface area (Å²) in [5.74, 6) is 0.178. The van der Waals surface area contributed by atoms with Gasteiger partial charge in [-0.2, -0.15) is 0 Å². The van der Waals surface area contributed by atoms with Crippen LogP contribution in [0, 0.1) is 5.41 Å². The van der Waals surface area contributed by atoms with E-state index in [4.69, 9.17) is 10.5 Å². The molecule has 0 aliphatic carbocycles. The molecular formula is C11H23ClN2O2. The molecule has 1 atom stereocenters. The van der Waals surface area contributed by atoms with Gasteiger partial charge in [0.25, 0.3) is 0 Å². The first-order valence-corrected chi connectivity index (χ1v) is 5.49. The molecule has 0 aromatic rings. The number of nitrogens with zero attached hydrogens (tertiary/aromatic N) is 1.